The molecule has 1 unspecified atom stereocenters. The number of fused-ring (bicyclic) bond motifs is 1. The van der Waals surface area contributed by atoms with Crippen molar-refractivity contribution in [1.82, 2.24) is 34.8 Å². The highest BCUT2D eigenvalue weighted by atomic mass is 16.5. The highest BCUT2D eigenvalue weighted by Crippen LogP contribution is 2.15. The van der Waals surface area contributed by atoms with Crippen molar-refractivity contribution >= 4 is 16.9 Å². The second-order valence-electron chi connectivity index (χ2n) is 6.73. The molecule has 148 valence electrons. The molecule has 29 heavy (non-hydrogen) atoms. The summed E-state index contributed by atoms with van der Waals surface area (Å²) in [7, 11) is 1.70. The Bertz CT molecular complexity index is 1210. The van der Waals surface area contributed by atoms with Crippen LogP contribution in [0, 0.1) is 0 Å². The summed E-state index contributed by atoms with van der Waals surface area (Å²) in [5.41, 5.74) is 1.03. The van der Waals surface area contributed by atoms with Crippen LogP contribution in [0.3, 0.4) is 0 Å². The Balaban J connectivity index is 1.38. The highest BCUT2D eigenvalue weighted by Gasteiger charge is 2.15. The summed E-state index contributed by atoms with van der Waals surface area (Å²) in [6, 6.07) is 9.24. The monoisotopic (exact) mass is 393 g/mol. The van der Waals surface area contributed by atoms with Crippen LogP contribution in [0.5, 0.6) is 0 Å². The van der Waals surface area contributed by atoms with Crippen molar-refractivity contribution in [2.75, 3.05) is 0 Å². The van der Waals surface area contributed by atoms with E-state index >= 15 is 0 Å². The molecule has 0 aliphatic rings. The highest BCUT2D eigenvalue weighted by molar-refractivity contribution is 5.77. The van der Waals surface area contributed by atoms with Gasteiger partial charge in [0.05, 0.1) is 6.20 Å². The SMILES string of the molecule is CC(Cc1nc(-c2ccccc2)no1)NC(=O)Cn1cnc2c(cnn2C)c1=O. The molecule has 0 bridgehead atoms. The second kappa shape index (κ2) is 7.66. The number of rotatable bonds is 6. The Morgan fingerprint density at radius 2 is 2.07 bits per heavy atom. The molecule has 10 nitrogen and oxygen atoms in total. The van der Waals surface area contributed by atoms with E-state index in [0.29, 0.717) is 29.2 Å². The van der Waals surface area contributed by atoms with Gasteiger partial charge in [-0.05, 0) is 6.92 Å². The molecule has 1 aromatic carbocycles. The van der Waals surface area contributed by atoms with Gasteiger partial charge in [-0.25, -0.2) is 4.98 Å². The average molecular weight is 393 g/mol. The molecular formula is C19H19N7O3. The molecule has 0 aliphatic heterocycles. The van der Waals surface area contributed by atoms with Gasteiger partial charge in [-0.3, -0.25) is 18.8 Å². The van der Waals surface area contributed by atoms with Gasteiger partial charge in [-0.2, -0.15) is 10.1 Å². The number of carbonyl (C=O) groups is 1. The van der Waals surface area contributed by atoms with Gasteiger partial charge in [0.25, 0.3) is 5.56 Å². The van der Waals surface area contributed by atoms with Gasteiger partial charge in [0.15, 0.2) is 5.65 Å². The van der Waals surface area contributed by atoms with E-state index in [1.54, 1.807) is 7.05 Å². The molecule has 1 N–H and O–H groups in total. The molecule has 3 heterocycles. The van der Waals surface area contributed by atoms with Crippen molar-refractivity contribution in [3.05, 3.63) is 59.1 Å². The van der Waals surface area contributed by atoms with Gasteiger partial charge in [0.1, 0.15) is 18.3 Å². The quantitative estimate of drug-likeness (QED) is 0.517. The number of nitrogens with one attached hydrogen (secondary N) is 1. The van der Waals surface area contributed by atoms with Gasteiger partial charge in [-0.15, -0.1) is 0 Å². The fourth-order valence-electron chi connectivity index (χ4n) is 3.01. The van der Waals surface area contributed by atoms with E-state index in [2.05, 4.69) is 25.5 Å². The van der Waals surface area contributed by atoms with Crippen LogP contribution in [0.4, 0.5) is 0 Å². The lowest BCUT2D eigenvalue weighted by Gasteiger charge is -2.12. The van der Waals surface area contributed by atoms with Gasteiger partial charge in [0.2, 0.25) is 17.6 Å². The van der Waals surface area contributed by atoms with E-state index in [4.69, 9.17) is 4.52 Å². The largest absolute Gasteiger partial charge is 0.352 e. The molecule has 0 aliphatic carbocycles. The summed E-state index contributed by atoms with van der Waals surface area (Å²) >= 11 is 0. The Labute approximate surface area is 165 Å². The Morgan fingerprint density at radius 3 is 2.86 bits per heavy atom. The van der Waals surface area contributed by atoms with Crippen LogP contribution in [-0.2, 0) is 24.8 Å². The van der Waals surface area contributed by atoms with E-state index in [1.807, 2.05) is 37.3 Å². The molecule has 0 saturated heterocycles. The number of hydrogen-bond acceptors (Lipinski definition) is 7. The number of amides is 1. The Kier molecular flexibility index (Phi) is 4.90. The van der Waals surface area contributed by atoms with Crippen molar-refractivity contribution in [2.45, 2.75) is 25.9 Å². The van der Waals surface area contributed by atoms with Crippen molar-refractivity contribution in [3.63, 3.8) is 0 Å². The van der Waals surface area contributed by atoms with E-state index in [0.717, 1.165) is 5.56 Å². The third kappa shape index (κ3) is 3.91. The first-order valence-corrected chi connectivity index (χ1v) is 9.06. The number of carbonyl (C=O) groups excluding carboxylic acids is 1. The van der Waals surface area contributed by atoms with Crippen LogP contribution in [-0.4, -0.2) is 41.4 Å². The summed E-state index contributed by atoms with van der Waals surface area (Å²) in [5.74, 6) is 0.612. The minimum atomic E-state index is -0.313. The molecule has 4 aromatic rings. The third-order valence-corrected chi connectivity index (χ3v) is 4.42. The van der Waals surface area contributed by atoms with Gasteiger partial charge in [-0.1, -0.05) is 35.5 Å². The van der Waals surface area contributed by atoms with Crippen molar-refractivity contribution < 1.29 is 9.32 Å². The summed E-state index contributed by atoms with van der Waals surface area (Å²) in [4.78, 5) is 33.3. The number of hydrogen-bond donors (Lipinski definition) is 1. The number of benzene rings is 1. The topological polar surface area (TPSA) is 121 Å². The lowest BCUT2D eigenvalue weighted by atomic mass is 10.2. The molecule has 3 aromatic heterocycles. The molecular weight excluding hydrogens is 374 g/mol. The molecule has 4 rings (SSSR count). The first-order valence-electron chi connectivity index (χ1n) is 9.06. The normalized spacial score (nSPS) is 12.2. The molecule has 0 radical (unpaired) electrons. The minimum Gasteiger partial charge on any atom is -0.352 e. The zero-order valence-electron chi connectivity index (χ0n) is 15.9. The van der Waals surface area contributed by atoms with Crippen LogP contribution in [0.15, 0.2) is 52.2 Å². The molecule has 0 spiro atoms. The molecule has 10 heteroatoms. The summed E-state index contributed by atoms with van der Waals surface area (Å²) < 4.78 is 8.04. The molecule has 1 atom stereocenters. The zero-order chi connectivity index (χ0) is 20.4. The van der Waals surface area contributed by atoms with Gasteiger partial charge in [0, 0.05) is 25.1 Å². The lowest BCUT2D eigenvalue weighted by molar-refractivity contribution is -0.122. The van der Waals surface area contributed by atoms with Crippen LogP contribution in [0.1, 0.15) is 12.8 Å². The van der Waals surface area contributed by atoms with Crippen molar-refractivity contribution in [2.24, 2.45) is 7.05 Å². The Morgan fingerprint density at radius 1 is 1.28 bits per heavy atom. The number of nitrogens with zero attached hydrogens (tertiary/aromatic N) is 6. The fraction of sp³-hybridized carbons (Fsp3) is 0.263. The fourth-order valence-corrected chi connectivity index (χ4v) is 3.01. The first kappa shape index (κ1) is 18.5. The maximum atomic E-state index is 12.4. The number of aromatic nitrogens is 6. The van der Waals surface area contributed by atoms with Crippen molar-refractivity contribution in [1.29, 1.82) is 0 Å². The molecule has 0 saturated carbocycles. The summed E-state index contributed by atoms with van der Waals surface area (Å²) in [6.45, 7) is 1.69. The van der Waals surface area contributed by atoms with Crippen LogP contribution in [0.2, 0.25) is 0 Å². The summed E-state index contributed by atoms with van der Waals surface area (Å²) in [5, 5.41) is 11.2. The molecule has 0 fully saturated rings. The maximum absolute atomic E-state index is 12.4. The maximum Gasteiger partial charge on any atom is 0.264 e. The Hall–Kier alpha value is -3.82. The summed E-state index contributed by atoms with van der Waals surface area (Å²) in [6.07, 6.45) is 3.17. The van der Waals surface area contributed by atoms with Gasteiger partial charge >= 0.3 is 0 Å². The van der Waals surface area contributed by atoms with Crippen LogP contribution >= 0.6 is 0 Å². The zero-order valence-corrected chi connectivity index (χ0v) is 15.9. The predicted molar refractivity (Wildman–Crippen MR) is 104 cm³/mol. The van der Waals surface area contributed by atoms with Crippen molar-refractivity contribution in [3.8, 4) is 11.4 Å². The first-order chi connectivity index (χ1) is 14.0. The lowest BCUT2D eigenvalue weighted by Crippen LogP contribution is -2.38. The van der Waals surface area contributed by atoms with E-state index in [1.165, 1.54) is 21.8 Å². The smallest absolute Gasteiger partial charge is 0.264 e. The average Bonchev–Trinajstić information content (AvgIpc) is 3.32. The standard InChI is InChI=1S/C19H19N7O3/c1-12(8-16-23-17(24-29-16)13-6-4-3-5-7-13)22-15(27)10-26-11-20-18-14(19(26)28)9-21-25(18)2/h3-7,9,11-12H,8,10H2,1-2H3,(H,22,27). The minimum absolute atomic E-state index is 0.139. The second-order valence-corrected chi connectivity index (χ2v) is 6.73. The number of aryl methyl sites for hydroxylation is 1. The predicted octanol–water partition coefficient (Wildman–Crippen LogP) is 0.927. The van der Waals surface area contributed by atoms with E-state index < -0.39 is 0 Å². The van der Waals surface area contributed by atoms with E-state index in [-0.39, 0.29) is 24.1 Å². The third-order valence-electron chi connectivity index (χ3n) is 4.42. The molecule has 1 amide bonds. The van der Waals surface area contributed by atoms with Crippen LogP contribution < -0.4 is 10.9 Å². The van der Waals surface area contributed by atoms with Crippen LogP contribution in [0.25, 0.3) is 22.4 Å². The van der Waals surface area contributed by atoms with E-state index in [9.17, 15) is 9.59 Å². The van der Waals surface area contributed by atoms with Gasteiger partial charge < -0.3 is 9.84 Å².